The molecule has 1 aromatic rings. The third kappa shape index (κ3) is 5.59. The number of esters is 1. The second-order valence-electron chi connectivity index (χ2n) is 6.29. The van der Waals surface area contributed by atoms with E-state index in [9.17, 15) is 14.4 Å². The molecule has 0 spiro atoms. The van der Waals surface area contributed by atoms with E-state index in [2.05, 4.69) is 5.32 Å². The summed E-state index contributed by atoms with van der Waals surface area (Å²) in [6, 6.07) is 8.95. The molecule has 1 aromatic carbocycles. The second kappa shape index (κ2) is 9.20. The van der Waals surface area contributed by atoms with Gasteiger partial charge in [-0.1, -0.05) is 37.3 Å². The summed E-state index contributed by atoms with van der Waals surface area (Å²) in [5.41, 5.74) is 1.07. The Morgan fingerprint density at radius 2 is 2.04 bits per heavy atom. The first-order chi connectivity index (χ1) is 12.0. The van der Waals surface area contributed by atoms with Crippen LogP contribution < -0.4 is 5.32 Å². The van der Waals surface area contributed by atoms with Gasteiger partial charge in [-0.05, 0) is 25.3 Å². The molecule has 1 aliphatic rings. The number of piperazine rings is 1. The lowest BCUT2D eigenvalue weighted by atomic mass is 10.1. The van der Waals surface area contributed by atoms with Gasteiger partial charge in [-0.25, -0.2) is 0 Å². The summed E-state index contributed by atoms with van der Waals surface area (Å²) in [5.74, 6) is -0.849. The molecular formula is C19H26N2O4. The topological polar surface area (TPSA) is 75.7 Å². The average molecular weight is 346 g/mol. The number of hydrogen-bond acceptors (Lipinski definition) is 4. The summed E-state index contributed by atoms with van der Waals surface area (Å²) in [6.45, 7) is 4.56. The SMILES string of the molecule is CCC(C)OC(=O)CC1C(=O)NCCN1C(=O)CCc1ccccc1. The van der Waals surface area contributed by atoms with Gasteiger partial charge >= 0.3 is 5.97 Å². The summed E-state index contributed by atoms with van der Waals surface area (Å²) < 4.78 is 5.25. The van der Waals surface area contributed by atoms with Crippen molar-refractivity contribution in [1.29, 1.82) is 0 Å². The third-order valence-electron chi connectivity index (χ3n) is 4.39. The lowest BCUT2D eigenvalue weighted by Gasteiger charge is -2.34. The first kappa shape index (κ1) is 19.0. The van der Waals surface area contributed by atoms with E-state index >= 15 is 0 Å². The van der Waals surface area contributed by atoms with Crippen LogP contribution in [0.25, 0.3) is 0 Å². The van der Waals surface area contributed by atoms with Gasteiger partial charge in [0.15, 0.2) is 0 Å². The summed E-state index contributed by atoms with van der Waals surface area (Å²) in [6.07, 6.45) is 1.34. The normalized spacial score (nSPS) is 18.4. The molecule has 2 unspecified atom stereocenters. The quantitative estimate of drug-likeness (QED) is 0.762. The largest absolute Gasteiger partial charge is 0.463 e. The van der Waals surface area contributed by atoms with Crippen LogP contribution in [0.3, 0.4) is 0 Å². The zero-order valence-corrected chi connectivity index (χ0v) is 14.9. The van der Waals surface area contributed by atoms with Gasteiger partial charge < -0.3 is 15.0 Å². The first-order valence-electron chi connectivity index (χ1n) is 8.81. The van der Waals surface area contributed by atoms with Gasteiger partial charge in [-0.2, -0.15) is 0 Å². The van der Waals surface area contributed by atoms with Crippen molar-refractivity contribution < 1.29 is 19.1 Å². The number of hydrogen-bond donors (Lipinski definition) is 1. The molecule has 0 bridgehead atoms. The number of carbonyl (C=O) groups excluding carboxylic acids is 3. The van der Waals surface area contributed by atoms with E-state index in [0.29, 0.717) is 32.4 Å². The highest BCUT2D eigenvalue weighted by Gasteiger charge is 2.35. The van der Waals surface area contributed by atoms with E-state index in [-0.39, 0.29) is 24.3 Å². The summed E-state index contributed by atoms with van der Waals surface area (Å²) >= 11 is 0. The van der Waals surface area contributed by atoms with Crippen molar-refractivity contribution in [1.82, 2.24) is 10.2 Å². The van der Waals surface area contributed by atoms with Gasteiger partial charge in [-0.15, -0.1) is 0 Å². The van der Waals surface area contributed by atoms with Crippen LogP contribution >= 0.6 is 0 Å². The lowest BCUT2D eigenvalue weighted by Crippen LogP contribution is -2.58. The minimum atomic E-state index is -0.784. The smallest absolute Gasteiger partial charge is 0.308 e. The summed E-state index contributed by atoms with van der Waals surface area (Å²) in [7, 11) is 0. The average Bonchev–Trinajstić information content (AvgIpc) is 2.62. The molecule has 136 valence electrons. The standard InChI is InChI=1S/C19H26N2O4/c1-3-14(2)25-18(23)13-16-19(24)20-11-12-21(16)17(22)10-9-15-7-5-4-6-8-15/h4-8,14,16H,3,9-13H2,1-2H3,(H,20,24). The van der Waals surface area contributed by atoms with Gasteiger partial charge in [0.2, 0.25) is 11.8 Å². The van der Waals surface area contributed by atoms with Crippen LogP contribution in [0.5, 0.6) is 0 Å². The van der Waals surface area contributed by atoms with Gasteiger partial charge in [0.25, 0.3) is 0 Å². The Morgan fingerprint density at radius 3 is 2.72 bits per heavy atom. The van der Waals surface area contributed by atoms with Gasteiger partial charge in [0.05, 0.1) is 12.5 Å². The predicted octanol–water partition coefficient (Wildman–Crippen LogP) is 1.68. The van der Waals surface area contributed by atoms with Crippen LogP contribution in [0.1, 0.15) is 38.7 Å². The van der Waals surface area contributed by atoms with E-state index < -0.39 is 12.0 Å². The van der Waals surface area contributed by atoms with Crippen molar-refractivity contribution in [2.75, 3.05) is 13.1 Å². The van der Waals surface area contributed by atoms with Crippen LogP contribution in [0, 0.1) is 0 Å². The molecule has 6 nitrogen and oxygen atoms in total. The minimum Gasteiger partial charge on any atom is -0.463 e. The highest BCUT2D eigenvalue weighted by Crippen LogP contribution is 2.14. The third-order valence-corrected chi connectivity index (χ3v) is 4.39. The number of nitrogens with zero attached hydrogens (tertiary/aromatic N) is 1. The Balaban J connectivity index is 1.96. The number of benzene rings is 1. The Bertz CT molecular complexity index is 603. The van der Waals surface area contributed by atoms with Crippen LogP contribution in [0.2, 0.25) is 0 Å². The van der Waals surface area contributed by atoms with Crippen molar-refractivity contribution in [2.24, 2.45) is 0 Å². The molecular weight excluding hydrogens is 320 g/mol. The molecule has 1 saturated heterocycles. The zero-order valence-electron chi connectivity index (χ0n) is 14.9. The number of nitrogens with one attached hydrogen (secondary N) is 1. The highest BCUT2D eigenvalue weighted by atomic mass is 16.5. The number of amides is 2. The minimum absolute atomic E-state index is 0.104. The number of carbonyl (C=O) groups is 3. The molecule has 2 amide bonds. The van der Waals surface area contributed by atoms with Gasteiger partial charge in [-0.3, -0.25) is 14.4 Å². The fourth-order valence-electron chi connectivity index (χ4n) is 2.77. The van der Waals surface area contributed by atoms with Gasteiger partial charge in [0.1, 0.15) is 6.04 Å². The maximum atomic E-state index is 12.6. The molecule has 1 aliphatic heterocycles. The number of rotatable bonds is 7. The van der Waals surface area contributed by atoms with E-state index in [1.54, 1.807) is 0 Å². The van der Waals surface area contributed by atoms with E-state index in [1.165, 1.54) is 4.90 Å². The maximum Gasteiger partial charge on any atom is 0.308 e. The Labute approximate surface area is 148 Å². The van der Waals surface area contributed by atoms with E-state index in [1.807, 2.05) is 44.2 Å². The monoisotopic (exact) mass is 346 g/mol. The summed E-state index contributed by atoms with van der Waals surface area (Å²) in [5, 5.41) is 2.72. The molecule has 1 heterocycles. The molecule has 0 saturated carbocycles. The van der Waals surface area contributed by atoms with Crippen molar-refractivity contribution in [3.63, 3.8) is 0 Å². The highest BCUT2D eigenvalue weighted by molar-refractivity contribution is 5.92. The molecule has 0 aliphatic carbocycles. The Hall–Kier alpha value is -2.37. The predicted molar refractivity (Wildman–Crippen MR) is 93.7 cm³/mol. The van der Waals surface area contributed by atoms with Crippen LogP contribution in [0.4, 0.5) is 0 Å². The van der Waals surface area contributed by atoms with Crippen LogP contribution in [-0.2, 0) is 25.5 Å². The fraction of sp³-hybridized carbons (Fsp3) is 0.526. The fourth-order valence-corrected chi connectivity index (χ4v) is 2.77. The molecule has 6 heteroatoms. The molecule has 2 rings (SSSR count). The van der Waals surface area contributed by atoms with Crippen LogP contribution in [-0.4, -0.2) is 47.9 Å². The van der Waals surface area contributed by atoms with Crippen molar-refractivity contribution in [2.45, 2.75) is 51.7 Å². The number of aryl methyl sites for hydroxylation is 1. The maximum absolute atomic E-state index is 12.6. The molecule has 1 fully saturated rings. The lowest BCUT2D eigenvalue weighted by molar-refractivity contribution is -0.154. The van der Waals surface area contributed by atoms with E-state index in [4.69, 9.17) is 4.74 Å². The van der Waals surface area contributed by atoms with Crippen molar-refractivity contribution >= 4 is 17.8 Å². The zero-order chi connectivity index (χ0) is 18.2. The van der Waals surface area contributed by atoms with Gasteiger partial charge in [0, 0.05) is 19.5 Å². The second-order valence-corrected chi connectivity index (χ2v) is 6.29. The molecule has 0 radical (unpaired) electrons. The Morgan fingerprint density at radius 1 is 1.32 bits per heavy atom. The summed E-state index contributed by atoms with van der Waals surface area (Å²) in [4.78, 5) is 38.3. The molecule has 2 atom stereocenters. The van der Waals surface area contributed by atoms with E-state index in [0.717, 1.165) is 5.56 Å². The van der Waals surface area contributed by atoms with Crippen molar-refractivity contribution in [3.05, 3.63) is 35.9 Å². The Kier molecular flexibility index (Phi) is 6.98. The molecule has 1 N–H and O–H groups in total. The number of ether oxygens (including phenoxy) is 1. The first-order valence-corrected chi connectivity index (χ1v) is 8.81. The molecule has 25 heavy (non-hydrogen) atoms. The van der Waals surface area contributed by atoms with Crippen molar-refractivity contribution in [3.8, 4) is 0 Å². The van der Waals surface area contributed by atoms with Crippen LogP contribution in [0.15, 0.2) is 30.3 Å². The molecule has 0 aromatic heterocycles.